The van der Waals surface area contributed by atoms with Gasteiger partial charge >= 0.3 is 0 Å². The van der Waals surface area contributed by atoms with Crippen molar-refractivity contribution in [2.45, 2.75) is 19.3 Å². The first kappa shape index (κ1) is 36.0. The lowest BCUT2D eigenvalue weighted by atomic mass is 9.82. The molecule has 0 amide bonds. The van der Waals surface area contributed by atoms with Crippen LogP contribution in [-0.2, 0) is 5.41 Å². The van der Waals surface area contributed by atoms with E-state index in [2.05, 4.69) is 254 Å². The lowest BCUT2D eigenvalue weighted by Crippen LogP contribution is -2.15. The zero-order valence-corrected chi connectivity index (χ0v) is 33.3. The standard InChI is InChI=1S/C57H44N2/c1-57(2)55-21-13-12-20-53(55)54-40-52(38-39-56(54)57)59(47-18-10-5-11-19-47)51-36-28-46(29-37-51)45-26-34-50(35-27-45)58(48-30-22-43(23-31-48)41-14-6-3-7-15-41)49-32-24-44(25-33-49)42-16-8-4-9-17-42/h3-40H,1-2H3. The van der Waals surface area contributed by atoms with Crippen molar-refractivity contribution < 1.29 is 0 Å². The second kappa shape index (κ2) is 15.2. The molecule has 10 rings (SSSR count). The summed E-state index contributed by atoms with van der Waals surface area (Å²) in [5.41, 5.74) is 19.2. The van der Waals surface area contributed by atoms with Crippen LogP contribution < -0.4 is 9.80 Å². The van der Waals surface area contributed by atoms with Gasteiger partial charge in [0.2, 0.25) is 0 Å². The second-order valence-corrected chi connectivity index (χ2v) is 15.8. The van der Waals surface area contributed by atoms with Crippen LogP contribution in [0.15, 0.2) is 231 Å². The van der Waals surface area contributed by atoms with Gasteiger partial charge in [-0.15, -0.1) is 0 Å². The highest BCUT2D eigenvalue weighted by atomic mass is 15.1. The maximum Gasteiger partial charge on any atom is 0.0468 e. The Morgan fingerprint density at radius 2 is 0.559 bits per heavy atom. The zero-order valence-electron chi connectivity index (χ0n) is 33.3. The van der Waals surface area contributed by atoms with E-state index in [1.54, 1.807) is 0 Å². The summed E-state index contributed by atoms with van der Waals surface area (Å²) in [4.78, 5) is 4.70. The quantitative estimate of drug-likeness (QED) is 0.145. The number of nitrogens with zero attached hydrogens (tertiary/aromatic N) is 2. The molecule has 9 aromatic carbocycles. The largest absolute Gasteiger partial charge is 0.311 e. The molecule has 0 radical (unpaired) electrons. The van der Waals surface area contributed by atoms with Crippen molar-refractivity contribution in [3.63, 3.8) is 0 Å². The molecule has 0 bridgehead atoms. The predicted octanol–water partition coefficient (Wildman–Crippen LogP) is 15.9. The average molecular weight is 757 g/mol. The van der Waals surface area contributed by atoms with Gasteiger partial charge in [-0.25, -0.2) is 0 Å². The van der Waals surface area contributed by atoms with Gasteiger partial charge in [0.15, 0.2) is 0 Å². The van der Waals surface area contributed by atoms with Crippen LogP contribution in [0.5, 0.6) is 0 Å². The first-order valence-electron chi connectivity index (χ1n) is 20.4. The van der Waals surface area contributed by atoms with Crippen LogP contribution in [0, 0.1) is 0 Å². The van der Waals surface area contributed by atoms with Gasteiger partial charge in [-0.05, 0) is 128 Å². The van der Waals surface area contributed by atoms with Gasteiger partial charge < -0.3 is 9.80 Å². The molecule has 0 fully saturated rings. The summed E-state index contributed by atoms with van der Waals surface area (Å²) in [5.74, 6) is 0. The van der Waals surface area contributed by atoms with Crippen LogP contribution in [-0.4, -0.2) is 0 Å². The topological polar surface area (TPSA) is 6.48 Å². The fourth-order valence-electron chi connectivity index (χ4n) is 8.79. The number of rotatable bonds is 9. The third-order valence-corrected chi connectivity index (χ3v) is 11.9. The van der Waals surface area contributed by atoms with E-state index in [4.69, 9.17) is 0 Å². The third-order valence-electron chi connectivity index (χ3n) is 11.9. The summed E-state index contributed by atoms with van der Waals surface area (Å²) in [6.45, 7) is 4.67. The normalized spacial score (nSPS) is 12.4. The molecule has 9 aromatic rings. The average Bonchev–Trinajstić information content (AvgIpc) is 3.53. The first-order chi connectivity index (χ1) is 29.0. The smallest absolute Gasteiger partial charge is 0.0468 e. The summed E-state index contributed by atoms with van der Waals surface area (Å²) in [7, 11) is 0. The molecule has 59 heavy (non-hydrogen) atoms. The summed E-state index contributed by atoms with van der Waals surface area (Å²) < 4.78 is 0. The van der Waals surface area contributed by atoms with Gasteiger partial charge in [-0.1, -0.05) is 172 Å². The van der Waals surface area contributed by atoms with Crippen molar-refractivity contribution in [2.24, 2.45) is 0 Å². The van der Waals surface area contributed by atoms with Crippen molar-refractivity contribution in [3.05, 3.63) is 242 Å². The maximum absolute atomic E-state index is 2.37. The Bertz CT molecular complexity index is 2760. The Morgan fingerprint density at radius 3 is 1.00 bits per heavy atom. The highest BCUT2D eigenvalue weighted by Crippen LogP contribution is 2.50. The third kappa shape index (κ3) is 6.79. The Hall–Kier alpha value is -7.42. The molecule has 0 aromatic heterocycles. The van der Waals surface area contributed by atoms with Crippen molar-refractivity contribution in [3.8, 4) is 44.5 Å². The van der Waals surface area contributed by atoms with Gasteiger partial charge in [0, 0.05) is 39.5 Å². The molecule has 0 aliphatic heterocycles. The molecule has 0 N–H and O–H groups in total. The molecule has 2 heteroatoms. The first-order valence-corrected chi connectivity index (χ1v) is 20.4. The fraction of sp³-hybridized carbons (Fsp3) is 0.0526. The molecule has 282 valence electrons. The van der Waals surface area contributed by atoms with Crippen molar-refractivity contribution in [1.82, 2.24) is 0 Å². The van der Waals surface area contributed by atoms with Gasteiger partial charge in [-0.2, -0.15) is 0 Å². The monoisotopic (exact) mass is 756 g/mol. The minimum absolute atomic E-state index is 0.0315. The van der Waals surface area contributed by atoms with E-state index in [1.807, 2.05) is 0 Å². The van der Waals surface area contributed by atoms with E-state index in [-0.39, 0.29) is 5.41 Å². The van der Waals surface area contributed by atoms with Crippen LogP contribution in [0.3, 0.4) is 0 Å². The number of anilines is 6. The van der Waals surface area contributed by atoms with Gasteiger partial charge in [0.1, 0.15) is 0 Å². The molecule has 0 heterocycles. The van der Waals surface area contributed by atoms with E-state index in [1.165, 1.54) is 55.6 Å². The number of fused-ring (bicyclic) bond motifs is 3. The molecule has 1 aliphatic carbocycles. The van der Waals surface area contributed by atoms with Crippen molar-refractivity contribution >= 4 is 34.1 Å². The van der Waals surface area contributed by atoms with E-state index < -0.39 is 0 Å². The molecule has 0 atom stereocenters. The van der Waals surface area contributed by atoms with E-state index in [0.29, 0.717) is 0 Å². The predicted molar refractivity (Wildman–Crippen MR) is 250 cm³/mol. The summed E-state index contributed by atoms with van der Waals surface area (Å²) in [6.07, 6.45) is 0. The molecule has 1 aliphatic rings. The maximum atomic E-state index is 2.37. The van der Waals surface area contributed by atoms with E-state index in [0.717, 1.165) is 34.1 Å². The van der Waals surface area contributed by atoms with Gasteiger partial charge in [0.25, 0.3) is 0 Å². The van der Waals surface area contributed by atoms with Crippen LogP contribution >= 0.6 is 0 Å². The number of para-hydroxylation sites is 1. The lowest BCUT2D eigenvalue weighted by Gasteiger charge is -2.27. The van der Waals surface area contributed by atoms with Crippen LogP contribution in [0.4, 0.5) is 34.1 Å². The summed E-state index contributed by atoms with van der Waals surface area (Å²) in [6, 6.07) is 83.3. The molecule has 0 spiro atoms. The Morgan fingerprint density at radius 1 is 0.254 bits per heavy atom. The minimum Gasteiger partial charge on any atom is -0.311 e. The van der Waals surface area contributed by atoms with Gasteiger partial charge in [0.05, 0.1) is 0 Å². The van der Waals surface area contributed by atoms with Crippen LogP contribution in [0.1, 0.15) is 25.0 Å². The van der Waals surface area contributed by atoms with E-state index >= 15 is 0 Å². The fourth-order valence-corrected chi connectivity index (χ4v) is 8.79. The number of hydrogen-bond acceptors (Lipinski definition) is 2. The highest BCUT2D eigenvalue weighted by Gasteiger charge is 2.35. The zero-order chi connectivity index (χ0) is 39.8. The van der Waals surface area contributed by atoms with Crippen LogP contribution in [0.2, 0.25) is 0 Å². The molecule has 2 nitrogen and oxygen atoms in total. The molecule has 0 unspecified atom stereocenters. The molecule has 0 saturated carbocycles. The minimum atomic E-state index is -0.0315. The molecule has 0 saturated heterocycles. The lowest BCUT2D eigenvalue weighted by molar-refractivity contribution is 0.660. The highest BCUT2D eigenvalue weighted by molar-refractivity contribution is 5.87. The van der Waals surface area contributed by atoms with Crippen molar-refractivity contribution in [2.75, 3.05) is 9.80 Å². The summed E-state index contributed by atoms with van der Waals surface area (Å²) >= 11 is 0. The summed E-state index contributed by atoms with van der Waals surface area (Å²) in [5, 5.41) is 0. The second-order valence-electron chi connectivity index (χ2n) is 15.8. The Balaban J connectivity index is 0.973. The number of hydrogen-bond donors (Lipinski definition) is 0. The van der Waals surface area contributed by atoms with Crippen molar-refractivity contribution in [1.29, 1.82) is 0 Å². The Labute approximate surface area is 347 Å². The molecular formula is C57H44N2. The van der Waals surface area contributed by atoms with E-state index in [9.17, 15) is 0 Å². The SMILES string of the molecule is CC1(C)c2ccccc2-c2cc(N(c3ccccc3)c3ccc(-c4ccc(N(c5ccc(-c6ccccc6)cc5)c5ccc(-c6ccccc6)cc5)cc4)cc3)ccc21. The van der Waals surface area contributed by atoms with Crippen LogP contribution in [0.25, 0.3) is 44.5 Å². The Kier molecular flexibility index (Phi) is 9.24. The molecular weight excluding hydrogens is 713 g/mol. The van der Waals surface area contributed by atoms with Gasteiger partial charge in [-0.3, -0.25) is 0 Å². The number of benzene rings is 9.